The molecular weight excluding hydrogens is 431 g/mol. The zero-order valence-corrected chi connectivity index (χ0v) is 17.7. The monoisotopic (exact) mass is 450 g/mol. The van der Waals surface area contributed by atoms with E-state index < -0.39 is 11.7 Å². The number of nitrogens with one attached hydrogen (secondary N) is 3. The van der Waals surface area contributed by atoms with Gasteiger partial charge in [-0.05, 0) is 60.9 Å². The Hall–Kier alpha value is -3.71. The van der Waals surface area contributed by atoms with Crippen molar-refractivity contribution in [1.29, 1.82) is 0 Å². The zero-order valence-electron chi connectivity index (χ0n) is 17.0. The molecule has 0 radical (unpaired) electrons. The second-order valence-corrected chi connectivity index (χ2v) is 7.66. The number of carbonyl (C=O) groups is 2. The van der Waals surface area contributed by atoms with Crippen molar-refractivity contribution in [3.05, 3.63) is 88.8 Å². The molecule has 2 aromatic heterocycles. The van der Waals surface area contributed by atoms with Gasteiger partial charge in [-0.25, -0.2) is 4.39 Å². The highest BCUT2D eigenvalue weighted by atomic mass is 35.5. The number of benzene rings is 2. The summed E-state index contributed by atoms with van der Waals surface area (Å²) in [5.74, 6) is -1.73. The maximum absolute atomic E-state index is 13.7. The molecule has 32 heavy (non-hydrogen) atoms. The van der Waals surface area contributed by atoms with Crippen molar-refractivity contribution in [1.82, 2.24) is 20.8 Å². The van der Waals surface area contributed by atoms with Crippen LogP contribution < -0.4 is 10.9 Å². The first-order valence-electron chi connectivity index (χ1n) is 10.1. The summed E-state index contributed by atoms with van der Waals surface area (Å²) in [4.78, 5) is 32.1. The number of hydrogen-bond donors (Lipinski definition) is 3. The van der Waals surface area contributed by atoms with E-state index in [-0.39, 0.29) is 17.9 Å². The molecule has 0 aliphatic heterocycles. The highest BCUT2D eigenvalue weighted by molar-refractivity contribution is 6.31. The number of amides is 2. The summed E-state index contributed by atoms with van der Waals surface area (Å²) in [6.45, 7) is 0. The summed E-state index contributed by atoms with van der Waals surface area (Å²) < 4.78 is 13.7. The number of aryl methyl sites for hydroxylation is 1. The van der Waals surface area contributed by atoms with Crippen molar-refractivity contribution in [3.8, 4) is 11.4 Å². The van der Waals surface area contributed by atoms with Gasteiger partial charge in [0.2, 0.25) is 5.91 Å². The predicted molar refractivity (Wildman–Crippen MR) is 121 cm³/mol. The number of hydrazine groups is 1. The first-order valence-corrected chi connectivity index (χ1v) is 10.5. The molecule has 162 valence electrons. The minimum Gasteiger partial charge on any atom is -0.353 e. The molecule has 0 unspecified atom stereocenters. The number of hydrogen-bond acceptors (Lipinski definition) is 3. The molecule has 0 fully saturated rings. The molecule has 6 nitrogen and oxygen atoms in total. The van der Waals surface area contributed by atoms with Gasteiger partial charge in [-0.2, -0.15) is 0 Å². The predicted octanol–water partition coefficient (Wildman–Crippen LogP) is 4.81. The fraction of sp³-hybridized carbons (Fsp3) is 0.125. The third-order valence-corrected chi connectivity index (χ3v) is 5.29. The number of rotatable bonds is 6. The molecule has 0 atom stereocenters. The van der Waals surface area contributed by atoms with Crippen molar-refractivity contribution in [2.24, 2.45) is 0 Å². The second kappa shape index (κ2) is 9.62. The highest BCUT2D eigenvalue weighted by Gasteiger charge is 2.16. The van der Waals surface area contributed by atoms with Crippen LogP contribution in [0.25, 0.3) is 22.3 Å². The lowest BCUT2D eigenvalue weighted by Crippen LogP contribution is -2.41. The van der Waals surface area contributed by atoms with Gasteiger partial charge in [0, 0.05) is 28.5 Å². The van der Waals surface area contributed by atoms with Crippen molar-refractivity contribution in [2.75, 3.05) is 0 Å². The summed E-state index contributed by atoms with van der Waals surface area (Å²) in [7, 11) is 0. The Balaban J connectivity index is 1.42. The quantitative estimate of drug-likeness (QED) is 0.368. The first kappa shape index (κ1) is 21.5. The van der Waals surface area contributed by atoms with E-state index in [9.17, 15) is 14.0 Å². The standard InChI is InChI=1S/C24H20ClFN4O2/c25-15-11-12-20-18(14-15)16(23(28-20)21-9-3-4-13-27-21)7-5-10-22(31)29-30-24(32)17-6-1-2-8-19(17)26/h1-4,6,8-9,11-14,28H,5,7,10H2,(H,29,31)(H,30,32). The Morgan fingerprint density at radius 3 is 2.62 bits per heavy atom. The molecule has 4 rings (SSSR count). The Labute approximate surface area is 188 Å². The Morgan fingerprint density at radius 2 is 1.84 bits per heavy atom. The lowest BCUT2D eigenvalue weighted by Gasteiger charge is -2.08. The van der Waals surface area contributed by atoms with Crippen LogP contribution in [-0.4, -0.2) is 21.8 Å². The molecule has 0 saturated carbocycles. The molecule has 2 aromatic carbocycles. The van der Waals surface area contributed by atoms with E-state index in [2.05, 4.69) is 20.8 Å². The highest BCUT2D eigenvalue weighted by Crippen LogP contribution is 2.32. The fourth-order valence-electron chi connectivity index (χ4n) is 3.54. The number of aromatic nitrogens is 2. The van der Waals surface area contributed by atoms with Gasteiger partial charge in [0.25, 0.3) is 5.91 Å². The van der Waals surface area contributed by atoms with E-state index in [4.69, 9.17) is 11.6 Å². The van der Waals surface area contributed by atoms with Crippen LogP contribution in [0.15, 0.2) is 66.9 Å². The normalized spacial score (nSPS) is 10.8. The fourth-order valence-corrected chi connectivity index (χ4v) is 3.71. The minimum atomic E-state index is -0.708. The lowest BCUT2D eigenvalue weighted by atomic mass is 10.0. The SMILES string of the molecule is O=C(CCCc1c(-c2ccccn2)[nH]c2ccc(Cl)cc12)NNC(=O)c1ccccc1F. The van der Waals surface area contributed by atoms with E-state index in [1.54, 1.807) is 12.3 Å². The molecule has 0 bridgehead atoms. The van der Waals surface area contributed by atoms with E-state index in [1.165, 1.54) is 18.2 Å². The molecule has 3 N–H and O–H groups in total. The minimum absolute atomic E-state index is 0.136. The molecule has 0 aliphatic carbocycles. The number of pyridine rings is 1. The van der Waals surface area contributed by atoms with Gasteiger partial charge in [-0.3, -0.25) is 25.4 Å². The van der Waals surface area contributed by atoms with Crippen molar-refractivity contribution >= 4 is 34.3 Å². The van der Waals surface area contributed by atoms with Gasteiger partial charge >= 0.3 is 0 Å². The smallest absolute Gasteiger partial charge is 0.272 e. The average molecular weight is 451 g/mol. The topological polar surface area (TPSA) is 86.9 Å². The number of aromatic amines is 1. The zero-order chi connectivity index (χ0) is 22.5. The summed E-state index contributed by atoms with van der Waals surface area (Å²) in [5.41, 5.74) is 8.09. The number of H-pyrrole nitrogens is 1. The maximum Gasteiger partial charge on any atom is 0.272 e. The van der Waals surface area contributed by atoms with Crippen LogP contribution in [-0.2, 0) is 11.2 Å². The third kappa shape index (κ3) is 4.78. The van der Waals surface area contributed by atoms with Crippen LogP contribution in [0.5, 0.6) is 0 Å². The first-order chi connectivity index (χ1) is 15.5. The number of halogens is 2. The van der Waals surface area contributed by atoms with Crippen molar-refractivity contribution in [2.45, 2.75) is 19.3 Å². The molecule has 0 aliphatic rings. The summed E-state index contributed by atoms with van der Waals surface area (Å²) in [6, 6.07) is 16.9. The molecule has 0 spiro atoms. The summed E-state index contributed by atoms with van der Waals surface area (Å²) in [5, 5.41) is 1.60. The van der Waals surface area contributed by atoms with Crippen LogP contribution in [0.2, 0.25) is 5.02 Å². The van der Waals surface area contributed by atoms with Gasteiger partial charge in [0.15, 0.2) is 0 Å². The second-order valence-electron chi connectivity index (χ2n) is 7.22. The average Bonchev–Trinajstić information content (AvgIpc) is 3.16. The number of nitrogens with zero attached hydrogens (tertiary/aromatic N) is 1. The summed E-state index contributed by atoms with van der Waals surface area (Å²) >= 11 is 6.20. The lowest BCUT2D eigenvalue weighted by molar-refractivity contribution is -0.121. The Kier molecular flexibility index (Phi) is 6.47. The van der Waals surface area contributed by atoms with Gasteiger partial charge in [-0.15, -0.1) is 0 Å². The van der Waals surface area contributed by atoms with Gasteiger partial charge in [-0.1, -0.05) is 29.8 Å². The van der Waals surface area contributed by atoms with Gasteiger partial charge in [0.1, 0.15) is 5.82 Å². The van der Waals surface area contributed by atoms with Crippen LogP contribution in [0.1, 0.15) is 28.8 Å². The summed E-state index contributed by atoms with van der Waals surface area (Å²) in [6.07, 6.45) is 3.03. The molecular formula is C24H20ClFN4O2. The molecule has 2 heterocycles. The molecule has 2 amide bonds. The maximum atomic E-state index is 13.7. The third-order valence-electron chi connectivity index (χ3n) is 5.05. The largest absolute Gasteiger partial charge is 0.353 e. The molecule has 8 heteroatoms. The number of fused-ring (bicyclic) bond motifs is 1. The van der Waals surface area contributed by atoms with Crippen molar-refractivity contribution < 1.29 is 14.0 Å². The van der Waals surface area contributed by atoms with Crippen molar-refractivity contribution in [3.63, 3.8) is 0 Å². The van der Waals surface area contributed by atoms with Crippen LogP contribution in [0, 0.1) is 5.82 Å². The molecule has 0 saturated heterocycles. The van der Waals surface area contributed by atoms with Gasteiger partial charge < -0.3 is 4.98 Å². The number of carbonyl (C=O) groups excluding carboxylic acids is 2. The van der Waals surface area contributed by atoms with E-state index in [1.807, 2.05) is 36.4 Å². The van der Waals surface area contributed by atoms with E-state index in [0.29, 0.717) is 17.9 Å². The van der Waals surface area contributed by atoms with Crippen LogP contribution in [0.4, 0.5) is 4.39 Å². The van der Waals surface area contributed by atoms with E-state index in [0.717, 1.165) is 27.9 Å². The Morgan fingerprint density at radius 1 is 1.03 bits per heavy atom. The van der Waals surface area contributed by atoms with Crippen LogP contribution in [0.3, 0.4) is 0 Å². The van der Waals surface area contributed by atoms with E-state index >= 15 is 0 Å². The Bertz CT molecular complexity index is 1270. The molecule has 4 aromatic rings. The van der Waals surface area contributed by atoms with Gasteiger partial charge in [0.05, 0.1) is 17.0 Å². The van der Waals surface area contributed by atoms with Crippen LogP contribution >= 0.6 is 11.6 Å².